The van der Waals surface area contributed by atoms with Crippen LogP contribution in [0.15, 0.2) is 46.3 Å². The van der Waals surface area contributed by atoms with Crippen molar-refractivity contribution in [3.05, 3.63) is 58.3 Å². The SMILES string of the molecule is Clc1ccc(CN2CCC(c3nc(-c4cccs4)no3)C2)cc1. The average Bonchev–Trinajstić information content (AvgIpc) is 3.30. The molecule has 1 unspecified atom stereocenters. The van der Waals surface area contributed by atoms with Gasteiger partial charge < -0.3 is 4.52 Å². The summed E-state index contributed by atoms with van der Waals surface area (Å²) >= 11 is 7.56. The number of hydrogen-bond acceptors (Lipinski definition) is 5. The van der Waals surface area contributed by atoms with Crippen molar-refractivity contribution >= 4 is 22.9 Å². The zero-order valence-corrected chi connectivity index (χ0v) is 14.1. The van der Waals surface area contributed by atoms with Gasteiger partial charge in [0, 0.05) is 18.1 Å². The number of aromatic nitrogens is 2. The van der Waals surface area contributed by atoms with Crippen molar-refractivity contribution in [3.63, 3.8) is 0 Å². The fourth-order valence-electron chi connectivity index (χ4n) is 2.93. The van der Waals surface area contributed by atoms with Crippen LogP contribution in [0.1, 0.15) is 23.8 Å². The maximum atomic E-state index is 5.94. The van der Waals surface area contributed by atoms with E-state index in [0.717, 1.165) is 41.8 Å². The lowest BCUT2D eigenvalue weighted by Gasteiger charge is -2.15. The Morgan fingerprint density at radius 1 is 1.26 bits per heavy atom. The second kappa shape index (κ2) is 6.43. The molecule has 3 aromatic rings. The Balaban J connectivity index is 1.41. The normalized spacial score (nSPS) is 18.6. The summed E-state index contributed by atoms with van der Waals surface area (Å²) in [5.74, 6) is 1.78. The van der Waals surface area contributed by atoms with Gasteiger partial charge >= 0.3 is 0 Å². The van der Waals surface area contributed by atoms with Crippen LogP contribution in [0.2, 0.25) is 5.02 Å². The molecular formula is C17H16ClN3OS. The first-order valence-electron chi connectivity index (χ1n) is 7.62. The minimum absolute atomic E-state index is 0.323. The molecule has 2 aromatic heterocycles. The van der Waals surface area contributed by atoms with Crippen LogP contribution in [0.4, 0.5) is 0 Å². The molecule has 1 fully saturated rings. The maximum Gasteiger partial charge on any atom is 0.231 e. The van der Waals surface area contributed by atoms with Gasteiger partial charge in [-0.15, -0.1) is 11.3 Å². The van der Waals surface area contributed by atoms with Crippen molar-refractivity contribution < 1.29 is 4.52 Å². The van der Waals surface area contributed by atoms with Crippen LogP contribution in [-0.2, 0) is 6.54 Å². The first kappa shape index (κ1) is 14.9. The fraction of sp³-hybridized carbons (Fsp3) is 0.294. The van der Waals surface area contributed by atoms with Gasteiger partial charge in [0.2, 0.25) is 11.7 Å². The van der Waals surface area contributed by atoms with E-state index in [0.29, 0.717) is 11.7 Å². The molecule has 4 nitrogen and oxygen atoms in total. The Hall–Kier alpha value is -1.69. The van der Waals surface area contributed by atoms with Crippen molar-refractivity contribution in [1.82, 2.24) is 15.0 Å². The predicted octanol–water partition coefficient (Wildman–Crippen LogP) is 4.44. The Labute approximate surface area is 143 Å². The van der Waals surface area contributed by atoms with E-state index in [9.17, 15) is 0 Å². The minimum atomic E-state index is 0.323. The van der Waals surface area contributed by atoms with Gasteiger partial charge in [0.1, 0.15) is 0 Å². The van der Waals surface area contributed by atoms with Gasteiger partial charge in [-0.05, 0) is 42.1 Å². The largest absolute Gasteiger partial charge is 0.339 e. The number of likely N-dealkylation sites (tertiary alicyclic amines) is 1. The summed E-state index contributed by atoms with van der Waals surface area (Å²) in [5, 5.41) is 6.91. The van der Waals surface area contributed by atoms with Crippen molar-refractivity contribution in [2.45, 2.75) is 18.9 Å². The summed E-state index contributed by atoms with van der Waals surface area (Å²) < 4.78 is 5.49. The molecule has 1 aromatic carbocycles. The van der Waals surface area contributed by atoms with Crippen molar-refractivity contribution in [2.24, 2.45) is 0 Å². The molecule has 4 rings (SSSR count). The third kappa shape index (κ3) is 3.32. The van der Waals surface area contributed by atoms with E-state index < -0.39 is 0 Å². The van der Waals surface area contributed by atoms with Gasteiger partial charge in [-0.1, -0.05) is 35.0 Å². The minimum Gasteiger partial charge on any atom is -0.339 e. The fourth-order valence-corrected chi connectivity index (χ4v) is 3.71. The Morgan fingerprint density at radius 2 is 2.13 bits per heavy atom. The lowest BCUT2D eigenvalue weighted by atomic mass is 10.1. The van der Waals surface area contributed by atoms with E-state index in [-0.39, 0.29) is 0 Å². The Kier molecular flexibility index (Phi) is 4.16. The number of halogens is 1. The lowest BCUT2D eigenvalue weighted by Crippen LogP contribution is -2.19. The quantitative estimate of drug-likeness (QED) is 0.701. The van der Waals surface area contributed by atoms with Crippen LogP contribution in [0.3, 0.4) is 0 Å². The van der Waals surface area contributed by atoms with Crippen LogP contribution in [0.25, 0.3) is 10.7 Å². The van der Waals surface area contributed by atoms with Crippen LogP contribution >= 0.6 is 22.9 Å². The van der Waals surface area contributed by atoms with Crippen LogP contribution in [0.5, 0.6) is 0 Å². The van der Waals surface area contributed by atoms with Crippen molar-refractivity contribution in [1.29, 1.82) is 0 Å². The molecule has 3 heterocycles. The van der Waals surface area contributed by atoms with E-state index in [1.165, 1.54) is 5.56 Å². The second-order valence-corrected chi connectivity index (χ2v) is 7.16. The molecule has 0 bridgehead atoms. The molecule has 23 heavy (non-hydrogen) atoms. The highest BCUT2D eigenvalue weighted by molar-refractivity contribution is 7.13. The molecule has 1 atom stereocenters. The third-order valence-corrected chi connectivity index (χ3v) is 5.24. The highest BCUT2D eigenvalue weighted by Crippen LogP contribution is 2.29. The van der Waals surface area contributed by atoms with E-state index in [2.05, 4.69) is 27.2 Å². The van der Waals surface area contributed by atoms with Gasteiger partial charge in [0.05, 0.1) is 10.8 Å². The second-order valence-electron chi connectivity index (χ2n) is 5.78. The van der Waals surface area contributed by atoms with E-state index in [4.69, 9.17) is 16.1 Å². The molecule has 0 radical (unpaired) electrons. The number of hydrogen-bond donors (Lipinski definition) is 0. The monoisotopic (exact) mass is 345 g/mol. The standard InChI is InChI=1S/C17H16ClN3OS/c18-14-5-3-12(4-6-14)10-21-8-7-13(11-21)17-19-16(20-22-17)15-2-1-9-23-15/h1-6,9,13H,7-8,10-11H2. The maximum absolute atomic E-state index is 5.94. The molecule has 1 aliphatic heterocycles. The highest BCUT2D eigenvalue weighted by atomic mass is 35.5. The number of nitrogens with zero attached hydrogens (tertiary/aromatic N) is 3. The molecule has 0 saturated carbocycles. The average molecular weight is 346 g/mol. The summed E-state index contributed by atoms with van der Waals surface area (Å²) in [7, 11) is 0. The molecule has 0 amide bonds. The lowest BCUT2D eigenvalue weighted by molar-refractivity contribution is 0.309. The first-order chi connectivity index (χ1) is 11.3. The summed E-state index contributed by atoms with van der Waals surface area (Å²) in [6.45, 7) is 2.93. The summed E-state index contributed by atoms with van der Waals surface area (Å²) in [6.07, 6.45) is 1.06. The van der Waals surface area contributed by atoms with E-state index >= 15 is 0 Å². The molecule has 1 aliphatic rings. The molecular weight excluding hydrogens is 330 g/mol. The Morgan fingerprint density at radius 3 is 2.91 bits per heavy atom. The molecule has 6 heteroatoms. The van der Waals surface area contributed by atoms with Gasteiger partial charge in [0.25, 0.3) is 0 Å². The number of thiophene rings is 1. The van der Waals surface area contributed by atoms with E-state index in [1.54, 1.807) is 11.3 Å². The molecule has 118 valence electrons. The number of rotatable bonds is 4. The summed E-state index contributed by atoms with van der Waals surface area (Å²) in [5.41, 5.74) is 1.28. The van der Waals surface area contributed by atoms with Gasteiger partial charge in [0.15, 0.2) is 0 Å². The molecule has 0 N–H and O–H groups in total. The third-order valence-electron chi connectivity index (χ3n) is 4.12. The number of benzene rings is 1. The zero-order chi connectivity index (χ0) is 15.6. The highest BCUT2D eigenvalue weighted by Gasteiger charge is 2.28. The van der Waals surface area contributed by atoms with E-state index in [1.807, 2.05) is 29.6 Å². The topological polar surface area (TPSA) is 42.2 Å². The molecule has 0 spiro atoms. The van der Waals surface area contributed by atoms with Crippen LogP contribution in [-0.4, -0.2) is 28.1 Å². The smallest absolute Gasteiger partial charge is 0.231 e. The predicted molar refractivity (Wildman–Crippen MR) is 91.7 cm³/mol. The van der Waals surface area contributed by atoms with Crippen molar-refractivity contribution in [3.8, 4) is 10.7 Å². The summed E-state index contributed by atoms with van der Waals surface area (Å²) in [4.78, 5) is 8.05. The van der Waals surface area contributed by atoms with Crippen molar-refractivity contribution in [2.75, 3.05) is 13.1 Å². The van der Waals surface area contributed by atoms with Gasteiger partial charge in [-0.3, -0.25) is 4.90 Å². The Bertz CT molecular complexity index is 770. The first-order valence-corrected chi connectivity index (χ1v) is 8.88. The van der Waals surface area contributed by atoms with Crippen LogP contribution < -0.4 is 0 Å². The van der Waals surface area contributed by atoms with Gasteiger partial charge in [-0.2, -0.15) is 4.98 Å². The molecule has 0 aliphatic carbocycles. The molecule has 1 saturated heterocycles. The zero-order valence-electron chi connectivity index (χ0n) is 12.5. The summed E-state index contributed by atoms with van der Waals surface area (Å²) in [6, 6.07) is 12.1. The van der Waals surface area contributed by atoms with Gasteiger partial charge in [-0.25, -0.2) is 0 Å². The van der Waals surface area contributed by atoms with Crippen LogP contribution in [0, 0.1) is 0 Å².